The normalized spacial score (nSPS) is 17.2. The van der Waals surface area contributed by atoms with Gasteiger partial charge >= 0.3 is 6.18 Å². The van der Waals surface area contributed by atoms with Crippen molar-refractivity contribution in [3.05, 3.63) is 52.6 Å². The number of piperidine rings is 1. The molecule has 0 atom stereocenters. The van der Waals surface area contributed by atoms with Crippen LogP contribution in [0.4, 0.5) is 19.0 Å². The molecule has 2 aliphatic heterocycles. The molecule has 8 nitrogen and oxygen atoms in total. The van der Waals surface area contributed by atoms with Gasteiger partial charge in [-0.1, -0.05) is 6.07 Å². The molecule has 11 heteroatoms. The fraction of sp³-hybridized carbons (Fsp3) is 0.500. The van der Waals surface area contributed by atoms with Crippen LogP contribution in [0, 0.1) is 18.3 Å². The number of nitriles is 1. The first-order chi connectivity index (χ1) is 18.6. The van der Waals surface area contributed by atoms with Gasteiger partial charge in [-0.25, -0.2) is 9.97 Å². The Hall–Kier alpha value is -3.49. The van der Waals surface area contributed by atoms with E-state index in [0.29, 0.717) is 24.4 Å². The Morgan fingerprint density at radius 2 is 1.95 bits per heavy atom. The summed E-state index contributed by atoms with van der Waals surface area (Å²) < 4.78 is 40.3. The molecule has 0 spiro atoms. The maximum Gasteiger partial charge on any atom is 0.401 e. The molecule has 0 bridgehead atoms. The van der Waals surface area contributed by atoms with Crippen molar-refractivity contribution in [2.45, 2.75) is 65.0 Å². The lowest BCUT2D eigenvalue weighted by Gasteiger charge is -2.34. The van der Waals surface area contributed by atoms with Crippen LogP contribution in [0.25, 0.3) is 10.9 Å². The number of benzene rings is 1. The summed E-state index contributed by atoms with van der Waals surface area (Å²) in [5, 5.41) is 14.1. The summed E-state index contributed by atoms with van der Waals surface area (Å²) in [5.41, 5.74) is 5.32. The van der Waals surface area contributed by atoms with Crippen LogP contribution in [0.5, 0.6) is 0 Å². The summed E-state index contributed by atoms with van der Waals surface area (Å²) in [6, 6.07) is 8.41. The Labute approximate surface area is 225 Å². The number of carbonyl (C=O) groups excluding carboxylic acids is 1. The number of anilines is 1. The van der Waals surface area contributed by atoms with Crippen molar-refractivity contribution in [2.75, 3.05) is 31.5 Å². The fourth-order valence-corrected chi connectivity index (χ4v) is 5.77. The number of rotatable bonds is 7. The zero-order chi connectivity index (χ0) is 27.7. The lowest BCUT2D eigenvalue weighted by Crippen LogP contribution is -2.40. The summed E-state index contributed by atoms with van der Waals surface area (Å²) in [7, 11) is 0. The number of hydrogen-bond donors (Lipinski definition) is 1. The summed E-state index contributed by atoms with van der Waals surface area (Å²) in [6.45, 7) is 5.98. The fourth-order valence-electron chi connectivity index (χ4n) is 5.77. The molecular weight excluding hydrogens is 507 g/mol. The number of aryl methyl sites for hydroxylation is 1. The Bertz CT molecular complexity index is 1420. The summed E-state index contributed by atoms with van der Waals surface area (Å²) in [5.74, 6) is 0.753. The lowest BCUT2D eigenvalue weighted by molar-refractivity contribution is -0.147. The molecule has 5 rings (SSSR count). The number of fused-ring (bicyclic) bond motifs is 2. The molecule has 4 heterocycles. The van der Waals surface area contributed by atoms with Crippen LogP contribution < -0.4 is 5.32 Å². The van der Waals surface area contributed by atoms with E-state index < -0.39 is 12.7 Å². The van der Waals surface area contributed by atoms with E-state index in [4.69, 9.17) is 0 Å². The molecule has 1 saturated heterocycles. The Kier molecular flexibility index (Phi) is 7.60. The number of aromatic nitrogens is 3. The van der Waals surface area contributed by atoms with Gasteiger partial charge in [0.15, 0.2) is 0 Å². The maximum atomic E-state index is 12.8. The minimum absolute atomic E-state index is 0.00751. The standard InChI is InChI=1S/C28H32F3N7O/c1-18(39)13-38-22(12-32)11-24-19(2)20(3-4-26(24)38)14-36-8-5-21(6-9-36)35-27-23-7-10-37(16-28(29,30)31)15-25(23)33-17-34-27/h3-4,11,17,21H,5-10,13-16H2,1-2H3,(H,33,34,35). The average molecular weight is 540 g/mol. The Morgan fingerprint density at radius 1 is 1.18 bits per heavy atom. The van der Waals surface area contributed by atoms with Gasteiger partial charge in [0, 0.05) is 55.2 Å². The predicted octanol–water partition coefficient (Wildman–Crippen LogP) is 4.20. The summed E-state index contributed by atoms with van der Waals surface area (Å²) in [4.78, 5) is 24.2. The second-order valence-corrected chi connectivity index (χ2v) is 10.6. The minimum Gasteiger partial charge on any atom is -0.367 e. The van der Waals surface area contributed by atoms with Crippen molar-refractivity contribution >= 4 is 22.5 Å². The smallest absolute Gasteiger partial charge is 0.367 e. The van der Waals surface area contributed by atoms with Gasteiger partial charge in [-0.3, -0.25) is 14.6 Å². The van der Waals surface area contributed by atoms with Gasteiger partial charge in [0.1, 0.15) is 29.7 Å². The number of nitrogens with zero attached hydrogens (tertiary/aromatic N) is 6. The van der Waals surface area contributed by atoms with Gasteiger partial charge in [0.2, 0.25) is 0 Å². The summed E-state index contributed by atoms with van der Waals surface area (Å²) >= 11 is 0. The maximum absolute atomic E-state index is 12.8. The molecule has 206 valence electrons. The number of nitrogens with one attached hydrogen (secondary N) is 1. The number of likely N-dealkylation sites (tertiary alicyclic amines) is 1. The first kappa shape index (κ1) is 27.1. The Balaban J connectivity index is 1.21. The predicted molar refractivity (Wildman–Crippen MR) is 141 cm³/mol. The number of alkyl halides is 3. The third-order valence-electron chi connectivity index (χ3n) is 7.77. The van der Waals surface area contributed by atoms with E-state index in [9.17, 15) is 23.2 Å². The highest BCUT2D eigenvalue weighted by Crippen LogP contribution is 2.29. The molecule has 1 N–H and O–H groups in total. The van der Waals surface area contributed by atoms with Crippen LogP contribution in [0.15, 0.2) is 24.5 Å². The van der Waals surface area contributed by atoms with E-state index in [1.54, 1.807) is 4.57 Å². The van der Waals surface area contributed by atoms with E-state index in [-0.39, 0.29) is 24.9 Å². The van der Waals surface area contributed by atoms with Gasteiger partial charge in [-0.15, -0.1) is 0 Å². The van der Waals surface area contributed by atoms with Crippen LogP contribution in [-0.2, 0) is 30.8 Å². The first-order valence-electron chi connectivity index (χ1n) is 13.2. The van der Waals surface area contributed by atoms with Crippen molar-refractivity contribution in [1.29, 1.82) is 5.26 Å². The van der Waals surface area contributed by atoms with E-state index in [1.165, 1.54) is 23.7 Å². The zero-order valence-electron chi connectivity index (χ0n) is 22.2. The quantitative estimate of drug-likeness (QED) is 0.481. The van der Waals surface area contributed by atoms with E-state index in [0.717, 1.165) is 60.3 Å². The van der Waals surface area contributed by atoms with Crippen molar-refractivity contribution in [3.8, 4) is 6.07 Å². The van der Waals surface area contributed by atoms with Gasteiger partial charge in [-0.2, -0.15) is 18.4 Å². The highest BCUT2D eigenvalue weighted by Gasteiger charge is 2.33. The molecule has 0 aliphatic carbocycles. The van der Waals surface area contributed by atoms with E-state index in [2.05, 4.69) is 39.2 Å². The van der Waals surface area contributed by atoms with Crippen molar-refractivity contribution in [1.82, 2.24) is 24.3 Å². The molecule has 0 unspecified atom stereocenters. The van der Waals surface area contributed by atoms with Gasteiger partial charge in [0.25, 0.3) is 0 Å². The van der Waals surface area contributed by atoms with Crippen LogP contribution in [0.1, 0.15) is 47.8 Å². The van der Waals surface area contributed by atoms with Gasteiger partial charge in [-0.05, 0) is 56.4 Å². The van der Waals surface area contributed by atoms with Crippen molar-refractivity contribution < 1.29 is 18.0 Å². The molecular formula is C28H32F3N7O. The van der Waals surface area contributed by atoms with Gasteiger partial charge in [0.05, 0.1) is 18.8 Å². The SMILES string of the molecule is CC(=O)Cn1c(C#N)cc2c(C)c(CN3CCC(Nc4ncnc5c4CCN(CC(F)(F)F)C5)CC3)ccc21. The van der Waals surface area contributed by atoms with Crippen molar-refractivity contribution in [3.63, 3.8) is 0 Å². The monoisotopic (exact) mass is 539 g/mol. The van der Waals surface area contributed by atoms with Gasteiger partial charge < -0.3 is 9.88 Å². The molecule has 2 aromatic heterocycles. The largest absolute Gasteiger partial charge is 0.401 e. The zero-order valence-corrected chi connectivity index (χ0v) is 22.2. The van der Waals surface area contributed by atoms with Crippen LogP contribution >= 0.6 is 0 Å². The molecule has 1 aromatic carbocycles. The van der Waals surface area contributed by atoms with Crippen molar-refractivity contribution in [2.24, 2.45) is 0 Å². The molecule has 39 heavy (non-hydrogen) atoms. The minimum atomic E-state index is -4.22. The second-order valence-electron chi connectivity index (χ2n) is 10.6. The van der Waals surface area contributed by atoms with Crippen LogP contribution in [0.3, 0.4) is 0 Å². The second kappa shape index (κ2) is 10.9. The number of Topliss-reactive ketones (excluding diaryl/α,β-unsaturated/α-hetero) is 1. The lowest BCUT2D eigenvalue weighted by atomic mass is 10.00. The molecule has 3 aromatic rings. The molecule has 0 amide bonds. The third-order valence-corrected chi connectivity index (χ3v) is 7.77. The number of ketones is 1. The number of hydrogen-bond acceptors (Lipinski definition) is 7. The molecule has 0 saturated carbocycles. The van der Waals surface area contributed by atoms with E-state index in [1.807, 2.05) is 12.1 Å². The molecule has 0 radical (unpaired) electrons. The topological polar surface area (TPSA) is 90.1 Å². The average Bonchev–Trinajstić information content (AvgIpc) is 3.23. The summed E-state index contributed by atoms with van der Waals surface area (Å²) in [6.07, 6.45) is -0.434. The highest BCUT2D eigenvalue weighted by molar-refractivity contribution is 5.88. The Morgan fingerprint density at radius 3 is 2.64 bits per heavy atom. The first-order valence-corrected chi connectivity index (χ1v) is 13.2. The van der Waals surface area contributed by atoms with Crippen LogP contribution in [0.2, 0.25) is 0 Å². The van der Waals surface area contributed by atoms with Crippen LogP contribution in [-0.4, -0.2) is 68.5 Å². The third kappa shape index (κ3) is 6.07. The molecule has 2 aliphatic rings. The molecule has 1 fully saturated rings. The van der Waals surface area contributed by atoms with E-state index >= 15 is 0 Å². The number of halogens is 3. The number of carbonyl (C=O) groups is 1. The highest BCUT2D eigenvalue weighted by atomic mass is 19.4.